The van der Waals surface area contributed by atoms with E-state index in [-0.39, 0.29) is 0 Å². The molecule has 0 radical (unpaired) electrons. The minimum Gasteiger partial charge on any atom is -0.330 e. The zero-order valence-electron chi connectivity index (χ0n) is 9.53. The number of aromatic amines is 1. The van der Waals surface area contributed by atoms with Crippen molar-refractivity contribution in [3.8, 4) is 11.1 Å². The molecule has 0 aliphatic heterocycles. The molecule has 0 unspecified atom stereocenters. The highest BCUT2D eigenvalue weighted by atomic mass is 15.1. The number of aromatic nitrogens is 2. The summed E-state index contributed by atoms with van der Waals surface area (Å²) in [5.74, 6) is 0. The molecule has 2 rings (SSSR count). The van der Waals surface area contributed by atoms with Crippen LogP contribution in [0.1, 0.15) is 17.7 Å². The number of nitrogens with zero attached hydrogens (tertiary/aromatic N) is 1. The Morgan fingerprint density at radius 2 is 2.00 bits per heavy atom. The van der Waals surface area contributed by atoms with E-state index in [0.29, 0.717) is 6.54 Å². The Balaban J connectivity index is 2.26. The fraction of sp³-hybridized carbons (Fsp3) is 0.308. The van der Waals surface area contributed by atoms with Crippen molar-refractivity contribution >= 4 is 0 Å². The van der Waals surface area contributed by atoms with Gasteiger partial charge in [0, 0.05) is 11.3 Å². The molecule has 0 bridgehead atoms. The highest BCUT2D eigenvalue weighted by Gasteiger charge is 2.06. The van der Waals surface area contributed by atoms with Crippen molar-refractivity contribution in [2.75, 3.05) is 6.54 Å². The molecule has 1 aromatic heterocycles. The molecule has 1 heterocycles. The van der Waals surface area contributed by atoms with E-state index < -0.39 is 0 Å². The first-order chi connectivity index (χ1) is 7.81. The number of H-pyrrole nitrogens is 1. The number of aryl methyl sites for hydroxylation is 2. The van der Waals surface area contributed by atoms with Gasteiger partial charge in [-0.2, -0.15) is 5.10 Å². The van der Waals surface area contributed by atoms with E-state index in [1.165, 1.54) is 22.4 Å². The average Bonchev–Trinajstić information content (AvgIpc) is 2.75. The summed E-state index contributed by atoms with van der Waals surface area (Å²) in [5, 5.41) is 7.16. The minimum absolute atomic E-state index is 0.715. The second-order valence-electron chi connectivity index (χ2n) is 4.02. The third-order valence-corrected chi connectivity index (χ3v) is 2.71. The van der Waals surface area contributed by atoms with Gasteiger partial charge in [-0.25, -0.2) is 0 Å². The van der Waals surface area contributed by atoms with Crippen LogP contribution in [-0.2, 0) is 6.42 Å². The van der Waals surface area contributed by atoms with Crippen LogP contribution in [0.5, 0.6) is 0 Å². The topological polar surface area (TPSA) is 54.7 Å². The predicted molar refractivity (Wildman–Crippen MR) is 66.1 cm³/mol. The van der Waals surface area contributed by atoms with Gasteiger partial charge in [-0.1, -0.05) is 29.8 Å². The zero-order valence-corrected chi connectivity index (χ0v) is 9.53. The summed E-state index contributed by atoms with van der Waals surface area (Å²) < 4.78 is 0. The number of rotatable bonds is 4. The van der Waals surface area contributed by atoms with Gasteiger partial charge in [0.1, 0.15) is 0 Å². The van der Waals surface area contributed by atoms with Gasteiger partial charge in [0.2, 0.25) is 0 Å². The first-order valence-corrected chi connectivity index (χ1v) is 5.60. The number of nitrogens with one attached hydrogen (secondary N) is 1. The van der Waals surface area contributed by atoms with Crippen LogP contribution in [0.2, 0.25) is 0 Å². The molecule has 3 nitrogen and oxygen atoms in total. The lowest BCUT2D eigenvalue weighted by Crippen LogP contribution is -2.01. The lowest BCUT2D eigenvalue weighted by molar-refractivity contribution is 0.805. The summed E-state index contributed by atoms with van der Waals surface area (Å²) in [7, 11) is 0. The van der Waals surface area contributed by atoms with Crippen molar-refractivity contribution in [1.29, 1.82) is 0 Å². The van der Waals surface area contributed by atoms with Gasteiger partial charge < -0.3 is 5.73 Å². The van der Waals surface area contributed by atoms with Crippen molar-refractivity contribution in [3.63, 3.8) is 0 Å². The predicted octanol–water partition coefficient (Wildman–Crippen LogP) is 2.28. The molecule has 0 spiro atoms. The number of nitrogens with two attached hydrogens (primary N) is 1. The van der Waals surface area contributed by atoms with Crippen LogP contribution in [-0.4, -0.2) is 16.7 Å². The molecule has 3 heteroatoms. The van der Waals surface area contributed by atoms with Gasteiger partial charge in [-0.3, -0.25) is 5.10 Å². The Bertz CT molecular complexity index is 442. The van der Waals surface area contributed by atoms with E-state index in [4.69, 9.17) is 5.73 Å². The Hall–Kier alpha value is -1.61. The lowest BCUT2D eigenvalue weighted by atomic mass is 10.0. The van der Waals surface area contributed by atoms with Crippen molar-refractivity contribution in [1.82, 2.24) is 10.2 Å². The van der Waals surface area contributed by atoms with Crippen molar-refractivity contribution in [2.45, 2.75) is 19.8 Å². The third-order valence-electron chi connectivity index (χ3n) is 2.71. The second kappa shape index (κ2) is 4.94. The molecule has 1 aromatic carbocycles. The summed E-state index contributed by atoms with van der Waals surface area (Å²) in [6, 6.07) is 8.50. The molecular weight excluding hydrogens is 198 g/mol. The molecule has 0 aliphatic carbocycles. The van der Waals surface area contributed by atoms with E-state index in [1.54, 1.807) is 0 Å². The zero-order chi connectivity index (χ0) is 11.4. The number of hydrogen-bond donors (Lipinski definition) is 2. The van der Waals surface area contributed by atoms with Crippen LogP contribution in [0.15, 0.2) is 30.5 Å². The van der Waals surface area contributed by atoms with Crippen LogP contribution in [0.4, 0.5) is 0 Å². The highest BCUT2D eigenvalue weighted by Crippen LogP contribution is 2.22. The van der Waals surface area contributed by atoms with Crippen LogP contribution >= 0.6 is 0 Å². The minimum atomic E-state index is 0.715. The van der Waals surface area contributed by atoms with Gasteiger partial charge in [0.15, 0.2) is 0 Å². The van der Waals surface area contributed by atoms with Crippen molar-refractivity contribution in [2.24, 2.45) is 5.73 Å². The highest BCUT2D eigenvalue weighted by molar-refractivity contribution is 5.65. The molecule has 0 atom stereocenters. The largest absolute Gasteiger partial charge is 0.330 e. The van der Waals surface area contributed by atoms with E-state index in [1.807, 2.05) is 6.20 Å². The maximum atomic E-state index is 5.52. The lowest BCUT2D eigenvalue weighted by Gasteiger charge is -2.03. The van der Waals surface area contributed by atoms with Crippen molar-refractivity contribution < 1.29 is 0 Å². The van der Waals surface area contributed by atoms with Crippen molar-refractivity contribution in [3.05, 3.63) is 41.7 Å². The quantitative estimate of drug-likeness (QED) is 0.822. The van der Waals surface area contributed by atoms with Gasteiger partial charge in [0.25, 0.3) is 0 Å². The standard InChI is InChI=1S/C13H17N3/c1-10-4-6-11(7-5-10)12-9-15-16-13(12)3-2-8-14/h4-7,9H,2-3,8,14H2,1H3,(H,15,16). The van der Waals surface area contributed by atoms with E-state index in [2.05, 4.69) is 41.4 Å². The van der Waals surface area contributed by atoms with Gasteiger partial charge >= 0.3 is 0 Å². The van der Waals surface area contributed by atoms with Crippen LogP contribution < -0.4 is 5.73 Å². The molecule has 16 heavy (non-hydrogen) atoms. The Labute approximate surface area is 95.7 Å². The molecule has 0 aliphatic rings. The number of hydrogen-bond acceptors (Lipinski definition) is 2. The maximum Gasteiger partial charge on any atom is 0.0568 e. The number of benzene rings is 1. The van der Waals surface area contributed by atoms with Gasteiger partial charge in [0.05, 0.1) is 6.20 Å². The average molecular weight is 215 g/mol. The third kappa shape index (κ3) is 2.31. The molecular formula is C13H17N3. The Morgan fingerprint density at radius 3 is 2.69 bits per heavy atom. The summed E-state index contributed by atoms with van der Waals surface area (Å²) in [5.41, 5.74) is 10.4. The summed E-state index contributed by atoms with van der Waals surface area (Å²) in [4.78, 5) is 0. The fourth-order valence-corrected chi connectivity index (χ4v) is 1.76. The van der Waals surface area contributed by atoms with E-state index >= 15 is 0 Å². The Kier molecular flexibility index (Phi) is 3.37. The Morgan fingerprint density at radius 1 is 1.25 bits per heavy atom. The summed E-state index contributed by atoms with van der Waals surface area (Å²) in [6.07, 6.45) is 3.83. The first-order valence-electron chi connectivity index (χ1n) is 5.60. The van der Waals surface area contributed by atoms with Crippen LogP contribution in [0.25, 0.3) is 11.1 Å². The molecule has 0 saturated carbocycles. The molecule has 0 amide bonds. The van der Waals surface area contributed by atoms with Crippen LogP contribution in [0.3, 0.4) is 0 Å². The molecule has 0 fully saturated rings. The van der Waals surface area contributed by atoms with Gasteiger partial charge in [-0.15, -0.1) is 0 Å². The first kappa shape index (κ1) is 10.9. The summed E-state index contributed by atoms with van der Waals surface area (Å²) >= 11 is 0. The molecule has 84 valence electrons. The molecule has 2 aromatic rings. The van der Waals surface area contributed by atoms with Crippen LogP contribution in [0, 0.1) is 6.92 Å². The SMILES string of the molecule is Cc1ccc(-c2cn[nH]c2CCCN)cc1. The summed E-state index contributed by atoms with van der Waals surface area (Å²) in [6.45, 7) is 2.81. The smallest absolute Gasteiger partial charge is 0.0568 e. The van der Waals surface area contributed by atoms with E-state index in [0.717, 1.165) is 12.8 Å². The molecule has 3 N–H and O–H groups in total. The van der Waals surface area contributed by atoms with Gasteiger partial charge in [-0.05, 0) is 31.9 Å². The van der Waals surface area contributed by atoms with E-state index in [9.17, 15) is 0 Å². The fourth-order valence-electron chi connectivity index (χ4n) is 1.76. The second-order valence-corrected chi connectivity index (χ2v) is 4.02. The normalized spacial score (nSPS) is 10.6. The maximum absolute atomic E-state index is 5.52. The monoisotopic (exact) mass is 215 g/mol. The molecule has 0 saturated heterocycles.